The van der Waals surface area contributed by atoms with Crippen LogP contribution in [0.2, 0.25) is 0 Å². The Morgan fingerprint density at radius 1 is 1.03 bits per heavy atom. The summed E-state index contributed by atoms with van der Waals surface area (Å²) in [5.74, 6) is 0.646. The standard InChI is InChI=1S/C25H31N3O3/c1-25(2,3)31-24(30)28(19-14-15-19)22-20(12-9-16-26-22)21-13-7-8-17-27(21)23(29)18-10-5-4-6-11-18/h4-6,9-12,16,19,21H,7-8,13-15,17H2,1-3H3. The Bertz CT molecular complexity index is 935. The Balaban J connectivity index is 1.69. The third-order valence-corrected chi connectivity index (χ3v) is 5.69. The van der Waals surface area contributed by atoms with Crippen LogP contribution in [-0.4, -0.2) is 40.1 Å². The minimum atomic E-state index is -0.584. The second-order valence-electron chi connectivity index (χ2n) is 9.37. The van der Waals surface area contributed by atoms with E-state index in [0.29, 0.717) is 17.9 Å². The molecule has 31 heavy (non-hydrogen) atoms. The van der Waals surface area contributed by atoms with Crippen LogP contribution in [-0.2, 0) is 4.74 Å². The molecule has 0 radical (unpaired) electrons. The number of anilines is 1. The molecule has 4 rings (SSSR count). The monoisotopic (exact) mass is 421 g/mol. The maximum absolute atomic E-state index is 13.3. The number of hydrogen-bond donors (Lipinski definition) is 0. The number of amides is 2. The van der Waals surface area contributed by atoms with Crippen molar-refractivity contribution in [2.75, 3.05) is 11.4 Å². The number of likely N-dealkylation sites (tertiary alicyclic amines) is 1. The summed E-state index contributed by atoms with van der Waals surface area (Å²) in [4.78, 5) is 34.7. The highest BCUT2D eigenvalue weighted by Crippen LogP contribution is 2.40. The molecule has 2 fully saturated rings. The summed E-state index contributed by atoms with van der Waals surface area (Å²) in [7, 11) is 0. The fourth-order valence-electron chi connectivity index (χ4n) is 4.17. The number of aromatic nitrogens is 1. The van der Waals surface area contributed by atoms with E-state index in [-0.39, 0.29) is 24.1 Å². The highest BCUT2D eigenvalue weighted by atomic mass is 16.6. The molecule has 0 bridgehead atoms. The summed E-state index contributed by atoms with van der Waals surface area (Å²) in [6.07, 6.45) is 6.08. The van der Waals surface area contributed by atoms with Crippen molar-refractivity contribution in [1.29, 1.82) is 0 Å². The summed E-state index contributed by atoms with van der Waals surface area (Å²) in [6.45, 7) is 6.31. The van der Waals surface area contributed by atoms with Gasteiger partial charge in [0, 0.05) is 29.9 Å². The van der Waals surface area contributed by atoms with E-state index in [1.54, 1.807) is 11.1 Å². The third kappa shape index (κ3) is 4.89. The van der Waals surface area contributed by atoms with E-state index in [1.807, 2.05) is 68.1 Å². The van der Waals surface area contributed by atoms with Crippen molar-refractivity contribution < 1.29 is 14.3 Å². The number of nitrogens with zero attached hydrogens (tertiary/aromatic N) is 3. The molecule has 1 saturated carbocycles. The van der Waals surface area contributed by atoms with E-state index in [9.17, 15) is 9.59 Å². The Morgan fingerprint density at radius 2 is 1.77 bits per heavy atom. The van der Waals surface area contributed by atoms with Crippen molar-refractivity contribution >= 4 is 17.8 Å². The van der Waals surface area contributed by atoms with Crippen molar-refractivity contribution in [2.45, 2.75) is 70.6 Å². The molecule has 1 aliphatic heterocycles. The summed E-state index contributed by atoms with van der Waals surface area (Å²) in [5.41, 5.74) is 1.02. The van der Waals surface area contributed by atoms with E-state index in [2.05, 4.69) is 4.98 Å². The molecule has 2 amide bonds. The molecule has 1 unspecified atom stereocenters. The number of benzene rings is 1. The van der Waals surface area contributed by atoms with E-state index >= 15 is 0 Å². The highest BCUT2D eigenvalue weighted by molar-refractivity contribution is 5.95. The number of piperidine rings is 1. The summed E-state index contributed by atoms with van der Waals surface area (Å²) < 4.78 is 5.71. The maximum atomic E-state index is 13.3. The number of rotatable bonds is 4. The van der Waals surface area contributed by atoms with Gasteiger partial charge in [-0.15, -0.1) is 0 Å². The molecule has 0 spiro atoms. The lowest BCUT2D eigenvalue weighted by Gasteiger charge is -2.38. The van der Waals surface area contributed by atoms with Crippen molar-refractivity contribution in [2.24, 2.45) is 0 Å². The minimum absolute atomic E-state index is 0.0235. The van der Waals surface area contributed by atoms with E-state index in [4.69, 9.17) is 4.74 Å². The quantitative estimate of drug-likeness (QED) is 0.667. The first kappa shape index (κ1) is 21.3. The highest BCUT2D eigenvalue weighted by Gasteiger charge is 2.40. The SMILES string of the molecule is CC(C)(C)OC(=O)N(c1ncccc1C1CCCCN1C(=O)c1ccccc1)C1CC1. The minimum Gasteiger partial charge on any atom is -0.443 e. The van der Waals surface area contributed by atoms with Gasteiger partial charge >= 0.3 is 6.09 Å². The van der Waals surface area contributed by atoms with Crippen LogP contribution < -0.4 is 4.90 Å². The summed E-state index contributed by atoms with van der Waals surface area (Å²) >= 11 is 0. The normalized spacial score (nSPS) is 19.1. The van der Waals surface area contributed by atoms with Crippen LogP contribution in [0.25, 0.3) is 0 Å². The number of hydrogen-bond acceptors (Lipinski definition) is 4. The van der Waals surface area contributed by atoms with Crippen molar-refractivity contribution in [3.63, 3.8) is 0 Å². The Labute approximate surface area is 184 Å². The van der Waals surface area contributed by atoms with Crippen LogP contribution in [0.5, 0.6) is 0 Å². The van der Waals surface area contributed by atoms with Crippen LogP contribution in [0.15, 0.2) is 48.7 Å². The fraction of sp³-hybridized carbons (Fsp3) is 0.480. The average Bonchev–Trinajstić information content (AvgIpc) is 3.58. The molecule has 2 aromatic rings. The van der Waals surface area contributed by atoms with E-state index in [0.717, 1.165) is 37.7 Å². The summed E-state index contributed by atoms with van der Waals surface area (Å²) in [5, 5.41) is 0. The maximum Gasteiger partial charge on any atom is 0.416 e. The fourth-order valence-corrected chi connectivity index (χ4v) is 4.17. The van der Waals surface area contributed by atoms with Gasteiger partial charge in [-0.1, -0.05) is 24.3 Å². The smallest absolute Gasteiger partial charge is 0.416 e. The van der Waals surface area contributed by atoms with Gasteiger partial charge in [-0.05, 0) is 71.1 Å². The molecule has 1 saturated heterocycles. The molecular weight excluding hydrogens is 390 g/mol. The Morgan fingerprint density at radius 3 is 2.45 bits per heavy atom. The summed E-state index contributed by atoms with van der Waals surface area (Å²) in [6, 6.07) is 13.3. The zero-order valence-electron chi connectivity index (χ0n) is 18.6. The number of pyridine rings is 1. The molecule has 6 heteroatoms. The molecular formula is C25H31N3O3. The van der Waals surface area contributed by atoms with Gasteiger partial charge in [0.1, 0.15) is 11.4 Å². The molecule has 1 atom stereocenters. The topological polar surface area (TPSA) is 62.7 Å². The Hall–Kier alpha value is -2.89. The zero-order chi connectivity index (χ0) is 22.0. The van der Waals surface area contributed by atoms with Gasteiger partial charge in [0.2, 0.25) is 0 Å². The van der Waals surface area contributed by atoms with Crippen LogP contribution in [0.1, 0.15) is 74.8 Å². The lowest BCUT2D eigenvalue weighted by molar-refractivity contribution is 0.0575. The van der Waals surface area contributed by atoms with Gasteiger partial charge in [-0.3, -0.25) is 9.69 Å². The zero-order valence-corrected chi connectivity index (χ0v) is 18.6. The molecule has 2 aliphatic rings. The van der Waals surface area contributed by atoms with Gasteiger partial charge in [0.25, 0.3) is 5.91 Å². The largest absolute Gasteiger partial charge is 0.443 e. The predicted molar refractivity (Wildman–Crippen MR) is 120 cm³/mol. The first-order valence-electron chi connectivity index (χ1n) is 11.2. The van der Waals surface area contributed by atoms with Crippen molar-refractivity contribution in [1.82, 2.24) is 9.88 Å². The molecule has 6 nitrogen and oxygen atoms in total. The predicted octanol–water partition coefficient (Wildman–Crippen LogP) is 5.35. The van der Waals surface area contributed by atoms with Gasteiger partial charge in [0.15, 0.2) is 0 Å². The third-order valence-electron chi connectivity index (χ3n) is 5.69. The average molecular weight is 422 g/mol. The molecule has 2 heterocycles. The molecule has 1 aromatic carbocycles. The molecule has 0 N–H and O–H groups in total. The molecule has 1 aromatic heterocycles. The number of ether oxygens (including phenoxy) is 1. The van der Waals surface area contributed by atoms with Gasteiger partial charge in [-0.25, -0.2) is 9.78 Å². The first-order valence-corrected chi connectivity index (χ1v) is 11.2. The van der Waals surface area contributed by atoms with Gasteiger partial charge in [-0.2, -0.15) is 0 Å². The lowest BCUT2D eigenvalue weighted by atomic mass is 9.94. The second-order valence-corrected chi connectivity index (χ2v) is 9.37. The number of carbonyl (C=O) groups excluding carboxylic acids is 2. The van der Waals surface area contributed by atoms with Crippen molar-refractivity contribution in [3.05, 3.63) is 59.8 Å². The first-order chi connectivity index (χ1) is 14.8. The van der Waals surface area contributed by atoms with Gasteiger partial charge in [0.05, 0.1) is 6.04 Å². The van der Waals surface area contributed by atoms with E-state index in [1.165, 1.54) is 0 Å². The van der Waals surface area contributed by atoms with Crippen LogP contribution in [0, 0.1) is 0 Å². The number of carbonyl (C=O) groups is 2. The van der Waals surface area contributed by atoms with Crippen LogP contribution >= 0.6 is 0 Å². The molecule has 164 valence electrons. The Kier molecular flexibility index (Phi) is 5.99. The lowest BCUT2D eigenvalue weighted by Crippen LogP contribution is -2.42. The van der Waals surface area contributed by atoms with Crippen LogP contribution in [0.3, 0.4) is 0 Å². The van der Waals surface area contributed by atoms with Crippen LogP contribution in [0.4, 0.5) is 10.6 Å². The second kappa shape index (κ2) is 8.69. The van der Waals surface area contributed by atoms with E-state index < -0.39 is 5.60 Å². The van der Waals surface area contributed by atoms with Gasteiger partial charge < -0.3 is 9.64 Å². The van der Waals surface area contributed by atoms with Crippen molar-refractivity contribution in [3.8, 4) is 0 Å². The molecule has 1 aliphatic carbocycles.